The summed E-state index contributed by atoms with van der Waals surface area (Å²) in [4.78, 5) is 7.24. The minimum Gasteiger partial charge on any atom is -0.307 e. The molecule has 0 spiro atoms. The average molecular weight is 305 g/mol. The molecular weight excluding hydrogens is 282 g/mol. The van der Waals surface area contributed by atoms with E-state index in [2.05, 4.69) is 47.0 Å². The molecule has 0 N–H and O–H groups in total. The van der Waals surface area contributed by atoms with E-state index >= 15 is 0 Å². The van der Waals surface area contributed by atoms with Gasteiger partial charge in [0.1, 0.15) is 5.82 Å². The molecule has 23 heavy (non-hydrogen) atoms. The van der Waals surface area contributed by atoms with E-state index in [1.54, 1.807) is 5.57 Å². The first kappa shape index (κ1) is 13.6. The van der Waals surface area contributed by atoms with Crippen molar-refractivity contribution >= 4 is 11.3 Å². The number of nitrogens with zero attached hydrogens (tertiary/aromatic N) is 3. The summed E-state index contributed by atoms with van der Waals surface area (Å²) in [7, 11) is 2.24. The number of likely N-dealkylation sites (tertiary alicyclic amines) is 1. The van der Waals surface area contributed by atoms with Crippen LogP contribution >= 0.6 is 0 Å². The molecule has 118 valence electrons. The SMILES string of the molecule is CN1CCC(C2C3=C(CCc4ccccc43)n3ccnc32)CC1. The molecule has 3 aliphatic rings. The normalized spacial score (nSPS) is 24.5. The first-order valence-corrected chi connectivity index (χ1v) is 8.86. The third-order valence-corrected chi connectivity index (χ3v) is 6.03. The van der Waals surface area contributed by atoms with Crippen molar-refractivity contribution in [2.45, 2.75) is 31.6 Å². The summed E-state index contributed by atoms with van der Waals surface area (Å²) in [6.07, 6.45) is 9.04. The molecule has 1 aromatic carbocycles. The largest absolute Gasteiger partial charge is 0.307 e. The fraction of sp³-hybridized carbons (Fsp3) is 0.450. The lowest BCUT2D eigenvalue weighted by Crippen LogP contribution is -2.33. The molecule has 1 fully saturated rings. The van der Waals surface area contributed by atoms with Crippen LogP contribution in [0.3, 0.4) is 0 Å². The molecule has 2 aromatic rings. The summed E-state index contributed by atoms with van der Waals surface area (Å²) in [5.41, 5.74) is 6.11. The predicted molar refractivity (Wildman–Crippen MR) is 93.1 cm³/mol. The van der Waals surface area contributed by atoms with Gasteiger partial charge >= 0.3 is 0 Å². The highest BCUT2D eigenvalue weighted by Gasteiger charge is 2.41. The number of aromatic nitrogens is 2. The van der Waals surface area contributed by atoms with Crippen molar-refractivity contribution in [1.29, 1.82) is 0 Å². The van der Waals surface area contributed by atoms with Crippen molar-refractivity contribution in [1.82, 2.24) is 14.5 Å². The number of fused-ring (bicyclic) bond motifs is 4. The molecule has 3 nitrogen and oxygen atoms in total. The number of benzene rings is 1. The van der Waals surface area contributed by atoms with Crippen molar-refractivity contribution < 1.29 is 0 Å². The molecule has 1 aliphatic carbocycles. The highest BCUT2D eigenvalue weighted by atomic mass is 15.1. The molecule has 5 rings (SSSR count). The molecule has 0 saturated carbocycles. The number of allylic oxidation sites excluding steroid dienone is 2. The number of hydrogen-bond donors (Lipinski definition) is 0. The molecule has 2 aliphatic heterocycles. The zero-order chi connectivity index (χ0) is 15.4. The van der Waals surface area contributed by atoms with Crippen LogP contribution in [0.25, 0.3) is 11.3 Å². The second-order valence-electron chi connectivity index (χ2n) is 7.29. The summed E-state index contributed by atoms with van der Waals surface area (Å²) in [5, 5.41) is 0. The molecule has 1 aromatic heterocycles. The van der Waals surface area contributed by atoms with Crippen molar-refractivity contribution in [3.05, 3.63) is 53.6 Å². The van der Waals surface area contributed by atoms with Gasteiger partial charge in [0.05, 0.1) is 0 Å². The molecule has 3 heteroatoms. The summed E-state index contributed by atoms with van der Waals surface area (Å²) in [6.45, 7) is 2.43. The zero-order valence-electron chi connectivity index (χ0n) is 13.7. The van der Waals surface area contributed by atoms with Crippen LogP contribution in [0, 0.1) is 5.92 Å². The van der Waals surface area contributed by atoms with Gasteiger partial charge in [-0.05, 0) is 68.4 Å². The van der Waals surface area contributed by atoms with E-state index in [0.29, 0.717) is 5.92 Å². The Bertz CT molecular complexity index is 778. The Hall–Kier alpha value is -1.87. The lowest BCUT2D eigenvalue weighted by atomic mass is 9.75. The van der Waals surface area contributed by atoms with Gasteiger partial charge in [-0.15, -0.1) is 0 Å². The third kappa shape index (κ3) is 1.96. The Morgan fingerprint density at radius 1 is 1.09 bits per heavy atom. The van der Waals surface area contributed by atoms with Gasteiger partial charge in [-0.2, -0.15) is 0 Å². The number of imidazole rings is 1. The van der Waals surface area contributed by atoms with E-state index in [-0.39, 0.29) is 0 Å². The Kier molecular flexibility index (Phi) is 2.99. The van der Waals surface area contributed by atoms with Gasteiger partial charge < -0.3 is 9.47 Å². The Morgan fingerprint density at radius 2 is 1.91 bits per heavy atom. The number of aryl methyl sites for hydroxylation is 1. The van der Waals surface area contributed by atoms with Gasteiger partial charge in [-0.1, -0.05) is 24.3 Å². The molecule has 1 atom stereocenters. The molecule has 1 unspecified atom stereocenters. The maximum atomic E-state index is 4.78. The van der Waals surface area contributed by atoms with E-state index in [0.717, 1.165) is 18.8 Å². The second-order valence-corrected chi connectivity index (χ2v) is 7.29. The minimum atomic E-state index is 0.496. The summed E-state index contributed by atoms with van der Waals surface area (Å²) in [6, 6.07) is 9.02. The maximum absolute atomic E-state index is 4.78. The van der Waals surface area contributed by atoms with Gasteiger partial charge in [0.2, 0.25) is 0 Å². The van der Waals surface area contributed by atoms with E-state index in [9.17, 15) is 0 Å². The van der Waals surface area contributed by atoms with Crippen LogP contribution in [-0.2, 0) is 6.42 Å². The Balaban J connectivity index is 1.64. The molecular formula is C20H23N3. The van der Waals surface area contributed by atoms with Crippen LogP contribution in [0.5, 0.6) is 0 Å². The first-order chi connectivity index (χ1) is 11.3. The van der Waals surface area contributed by atoms with Gasteiger partial charge in [0.25, 0.3) is 0 Å². The van der Waals surface area contributed by atoms with Crippen LogP contribution < -0.4 is 0 Å². The maximum Gasteiger partial charge on any atom is 0.120 e. The van der Waals surface area contributed by atoms with E-state index in [1.807, 2.05) is 6.20 Å². The highest BCUT2D eigenvalue weighted by Crippen LogP contribution is 2.52. The van der Waals surface area contributed by atoms with E-state index in [4.69, 9.17) is 4.98 Å². The fourth-order valence-corrected chi connectivity index (χ4v) is 4.85. The predicted octanol–water partition coefficient (Wildman–Crippen LogP) is 3.64. The lowest BCUT2D eigenvalue weighted by molar-refractivity contribution is 0.210. The standard InChI is InChI=1S/C20H23N3/c1-22-11-8-15(9-12-22)18-19-16-5-3-2-4-14(16)6-7-17(19)23-13-10-21-20(18)23/h2-5,10,13,15,18H,6-9,11-12H2,1H3. The van der Waals surface area contributed by atoms with Crippen LogP contribution in [-0.4, -0.2) is 34.6 Å². The summed E-state index contributed by atoms with van der Waals surface area (Å²) < 4.78 is 2.40. The van der Waals surface area contributed by atoms with Crippen molar-refractivity contribution in [3.63, 3.8) is 0 Å². The van der Waals surface area contributed by atoms with E-state index < -0.39 is 0 Å². The van der Waals surface area contributed by atoms with Gasteiger partial charge in [-0.25, -0.2) is 4.98 Å². The van der Waals surface area contributed by atoms with Crippen molar-refractivity contribution in [2.75, 3.05) is 20.1 Å². The lowest BCUT2D eigenvalue weighted by Gasteiger charge is -2.34. The van der Waals surface area contributed by atoms with Crippen LogP contribution in [0.4, 0.5) is 0 Å². The van der Waals surface area contributed by atoms with Crippen LogP contribution in [0.15, 0.2) is 36.7 Å². The average Bonchev–Trinajstić information content (AvgIpc) is 3.16. The zero-order valence-corrected chi connectivity index (χ0v) is 13.7. The first-order valence-electron chi connectivity index (χ1n) is 8.86. The third-order valence-electron chi connectivity index (χ3n) is 6.03. The molecule has 0 bridgehead atoms. The monoisotopic (exact) mass is 305 g/mol. The second kappa shape index (κ2) is 5.07. The minimum absolute atomic E-state index is 0.496. The van der Waals surface area contributed by atoms with Gasteiger partial charge in [0, 0.05) is 24.0 Å². The van der Waals surface area contributed by atoms with Crippen molar-refractivity contribution in [3.8, 4) is 0 Å². The van der Waals surface area contributed by atoms with E-state index in [1.165, 1.54) is 48.6 Å². The molecule has 1 saturated heterocycles. The van der Waals surface area contributed by atoms with Crippen LogP contribution in [0.1, 0.15) is 42.1 Å². The Morgan fingerprint density at radius 3 is 2.78 bits per heavy atom. The summed E-state index contributed by atoms with van der Waals surface area (Å²) in [5.74, 6) is 2.52. The topological polar surface area (TPSA) is 21.1 Å². The fourth-order valence-electron chi connectivity index (χ4n) is 4.85. The molecule has 3 heterocycles. The van der Waals surface area contributed by atoms with Gasteiger partial charge in [-0.3, -0.25) is 0 Å². The van der Waals surface area contributed by atoms with Crippen molar-refractivity contribution in [2.24, 2.45) is 5.92 Å². The highest BCUT2D eigenvalue weighted by molar-refractivity contribution is 5.93. The number of piperidine rings is 1. The molecule has 0 amide bonds. The smallest absolute Gasteiger partial charge is 0.120 e. The van der Waals surface area contributed by atoms with Crippen LogP contribution in [0.2, 0.25) is 0 Å². The quantitative estimate of drug-likeness (QED) is 0.802. The number of hydrogen-bond acceptors (Lipinski definition) is 2. The summed E-state index contributed by atoms with van der Waals surface area (Å²) >= 11 is 0. The Labute approximate surface area is 137 Å². The number of rotatable bonds is 1. The molecule has 0 radical (unpaired) electrons. The van der Waals surface area contributed by atoms with Gasteiger partial charge in [0.15, 0.2) is 0 Å².